The fraction of sp³-hybridized carbons (Fsp3) is 0.615. The molecule has 0 fully saturated rings. The molecular formula is C13H20INO2. The number of hydrogen-bond donors (Lipinski definition) is 1. The summed E-state index contributed by atoms with van der Waals surface area (Å²) in [4.78, 5) is 14.8. The van der Waals surface area contributed by atoms with E-state index in [9.17, 15) is 4.79 Å². The van der Waals surface area contributed by atoms with Crippen LogP contribution >= 0.6 is 22.6 Å². The van der Waals surface area contributed by atoms with Crippen molar-refractivity contribution in [1.82, 2.24) is 4.98 Å². The molecule has 0 aliphatic heterocycles. The van der Waals surface area contributed by atoms with Gasteiger partial charge >= 0.3 is 5.97 Å². The SMILES string of the molecule is COC(=O)c1[nH]c(C)c([C@H](I)C(C)(C)C)c1C. The maximum Gasteiger partial charge on any atom is 0.354 e. The molecule has 1 aromatic heterocycles. The van der Waals surface area contributed by atoms with E-state index in [4.69, 9.17) is 4.74 Å². The number of carbonyl (C=O) groups excluding carboxylic acids is 1. The summed E-state index contributed by atoms with van der Waals surface area (Å²) in [5.41, 5.74) is 4.01. The second kappa shape index (κ2) is 5.00. The summed E-state index contributed by atoms with van der Waals surface area (Å²) in [7, 11) is 1.41. The smallest absolute Gasteiger partial charge is 0.354 e. The number of aryl methyl sites for hydroxylation is 1. The van der Waals surface area contributed by atoms with Crippen LogP contribution in [0.3, 0.4) is 0 Å². The highest BCUT2D eigenvalue weighted by Gasteiger charge is 2.29. The van der Waals surface area contributed by atoms with Gasteiger partial charge < -0.3 is 9.72 Å². The summed E-state index contributed by atoms with van der Waals surface area (Å²) in [5.74, 6) is -0.297. The van der Waals surface area contributed by atoms with Crippen LogP contribution in [-0.2, 0) is 4.74 Å². The van der Waals surface area contributed by atoms with Crippen LogP contribution in [0.1, 0.15) is 52.0 Å². The number of methoxy groups -OCH3 is 1. The van der Waals surface area contributed by atoms with E-state index in [0.717, 1.165) is 11.3 Å². The van der Waals surface area contributed by atoms with Crippen LogP contribution in [-0.4, -0.2) is 18.1 Å². The molecule has 0 saturated carbocycles. The van der Waals surface area contributed by atoms with Crippen LogP contribution in [0.15, 0.2) is 0 Å². The van der Waals surface area contributed by atoms with Gasteiger partial charge in [0.15, 0.2) is 0 Å². The first-order chi connectivity index (χ1) is 7.70. The second-order valence-corrected chi connectivity index (χ2v) is 6.63. The van der Waals surface area contributed by atoms with Crippen molar-refractivity contribution >= 4 is 28.6 Å². The quantitative estimate of drug-likeness (QED) is 0.499. The molecule has 1 aromatic rings. The molecule has 0 spiro atoms. The molecule has 3 nitrogen and oxygen atoms in total. The topological polar surface area (TPSA) is 42.1 Å². The number of rotatable bonds is 2. The molecule has 17 heavy (non-hydrogen) atoms. The van der Waals surface area contributed by atoms with Gasteiger partial charge in [-0.15, -0.1) is 0 Å². The fourth-order valence-corrected chi connectivity index (χ4v) is 2.82. The number of carbonyl (C=O) groups is 1. The number of hydrogen-bond acceptors (Lipinski definition) is 2. The predicted octanol–water partition coefficient (Wildman–Crippen LogP) is 3.94. The van der Waals surface area contributed by atoms with Crippen molar-refractivity contribution < 1.29 is 9.53 Å². The zero-order chi connectivity index (χ0) is 13.4. The van der Waals surface area contributed by atoms with Gasteiger partial charge in [0.2, 0.25) is 0 Å². The minimum Gasteiger partial charge on any atom is -0.464 e. The average molecular weight is 349 g/mol. The summed E-state index contributed by atoms with van der Waals surface area (Å²) in [6, 6.07) is 0. The lowest BCUT2D eigenvalue weighted by molar-refractivity contribution is 0.0593. The Hall–Kier alpha value is -0.520. The van der Waals surface area contributed by atoms with Gasteiger partial charge in [-0.05, 0) is 30.4 Å². The van der Waals surface area contributed by atoms with Gasteiger partial charge in [-0.25, -0.2) is 4.79 Å². The number of ether oxygens (including phenoxy) is 1. The lowest BCUT2D eigenvalue weighted by atomic mass is 9.86. The molecular weight excluding hydrogens is 329 g/mol. The highest BCUT2D eigenvalue weighted by atomic mass is 127. The van der Waals surface area contributed by atoms with Crippen LogP contribution in [0.25, 0.3) is 0 Å². The van der Waals surface area contributed by atoms with Crippen molar-refractivity contribution in [3.8, 4) is 0 Å². The Bertz CT molecular complexity index is 429. The van der Waals surface area contributed by atoms with E-state index >= 15 is 0 Å². The summed E-state index contributed by atoms with van der Waals surface area (Å²) >= 11 is 2.44. The molecule has 1 rings (SSSR count). The van der Waals surface area contributed by atoms with E-state index in [-0.39, 0.29) is 11.4 Å². The summed E-state index contributed by atoms with van der Waals surface area (Å²) in [6.45, 7) is 10.6. The molecule has 0 unspecified atom stereocenters. The van der Waals surface area contributed by atoms with Crippen LogP contribution in [0.2, 0.25) is 0 Å². The molecule has 4 heteroatoms. The number of aromatic nitrogens is 1. The van der Waals surface area contributed by atoms with Crippen LogP contribution in [0.4, 0.5) is 0 Å². The van der Waals surface area contributed by atoms with Crippen LogP contribution in [0, 0.1) is 19.3 Å². The summed E-state index contributed by atoms with van der Waals surface area (Å²) in [5, 5.41) is 0. The molecule has 0 aliphatic carbocycles. The maximum atomic E-state index is 11.6. The molecule has 0 amide bonds. The molecule has 0 aromatic carbocycles. The molecule has 0 aliphatic rings. The summed E-state index contributed by atoms with van der Waals surface area (Å²) < 4.78 is 5.13. The first kappa shape index (κ1) is 14.5. The van der Waals surface area contributed by atoms with Gasteiger partial charge in [0.25, 0.3) is 0 Å². The van der Waals surface area contributed by atoms with Crippen molar-refractivity contribution in [3.05, 3.63) is 22.5 Å². The van der Waals surface area contributed by atoms with E-state index < -0.39 is 0 Å². The first-order valence-electron chi connectivity index (χ1n) is 5.61. The number of aromatic amines is 1. The van der Waals surface area contributed by atoms with Gasteiger partial charge in [0, 0.05) is 9.62 Å². The molecule has 1 N–H and O–H groups in total. The maximum absolute atomic E-state index is 11.6. The average Bonchev–Trinajstić information content (AvgIpc) is 2.51. The number of alkyl halides is 1. The third-order valence-electron chi connectivity index (χ3n) is 2.90. The number of H-pyrrole nitrogens is 1. The van der Waals surface area contributed by atoms with Gasteiger partial charge in [0.1, 0.15) is 5.69 Å². The standard InChI is InChI=1S/C13H20INO2/c1-7-9(11(14)13(3,4)5)8(2)15-10(7)12(16)17-6/h11,15H,1-6H3/t11-/m0/s1. The van der Waals surface area contributed by atoms with Crippen molar-refractivity contribution in [2.24, 2.45) is 5.41 Å². The Morgan fingerprint density at radius 2 is 1.88 bits per heavy atom. The number of nitrogens with one attached hydrogen (secondary N) is 1. The van der Waals surface area contributed by atoms with E-state index in [0.29, 0.717) is 9.62 Å². The molecule has 1 heterocycles. The van der Waals surface area contributed by atoms with Crippen LogP contribution < -0.4 is 0 Å². The Labute approximate surface area is 116 Å². The predicted molar refractivity (Wildman–Crippen MR) is 77.8 cm³/mol. The minimum absolute atomic E-state index is 0.158. The monoisotopic (exact) mass is 349 g/mol. The van der Waals surface area contributed by atoms with Gasteiger partial charge in [-0.2, -0.15) is 0 Å². The highest BCUT2D eigenvalue weighted by molar-refractivity contribution is 14.1. The Kier molecular flexibility index (Phi) is 4.28. The van der Waals surface area contributed by atoms with Gasteiger partial charge in [0.05, 0.1) is 7.11 Å². The van der Waals surface area contributed by atoms with E-state index in [1.165, 1.54) is 12.7 Å². The largest absolute Gasteiger partial charge is 0.464 e. The zero-order valence-electron chi connectivity index (χ0n) is 11.3. The van der Waals surface area contributed by atoms with Crippen molar-refractivity contribution in [2.75, 3.05) is 7.11 Å². The molecule has 0 saturated heterocycles. The lowest BCUT2D eigenvalue weighted by Crippen LogP contribution is -2.14. The van der Waals surface area contributed by atoms with E-state index in [2.05, 4.69) is 48.3 Å². The Morgan fingerprint density at radius 3 is 2.29 bits per heavy atom. The van der Waals surface area contributed by atoms with E-state index in [1.807, 2.05) is 13.8 Å². The number of esters is 1. The second-order valence-electron chi connectivity index (χ2n) is 5.38. The van der Waals surface area contributed by atoms with E-state index in [1.54, 1.807) is 0 Å². The molecule has 0 radical (unpaired) electrons. The van der Waals surface area contributed by atoms with Crippen molar-refractivity contribution in [3.63, 3.8) is 0 Å². The van der Waals surface area contributed by atoms with Crippen molar-refractivity contribution in [2.45, 2.75) is 38.5 Å². The lowest BCUT2D eigenvalue weighted by Gasteiger charge is -2.26. The fourth-order valence-electron chi connectivity index (χ4n) is 1.88. The van der Waals surface area contributed by atoms with Crippen LogP contribution in [0.5, 0.6) is 0 Å². The van der Waals surface area contributed by atoms with Gasteiger partial charge in [-0.3, -0.25) is 0 Å². The molecule has 0 bridgehead atoms. The van der Waals surface area contributed by atoms with Crippen molar-refractivity contribution in [1.29, 1.82) is 0 Å². The first-order valence-corrected chi connectivity index (χ1v) is 6.86. The highest BCUT2D eigenvalue weighted by Crippen LogP contribution is 2.43. The minimum atomic E-state index is -0.297. The molecule has 96 valence electrons. The Morgan fingerprint density at radius 1 is 1.35 bits per heavy atom. The van der Waals surface area contributed by atoms with Gasteiger partial charge in [-0.1, -0.05) is 43.4 Å². The number of halogens is 1. The normalized spacial score (nSPS) is 13.6. The Balaban J connectivity index is 3.28. The molecule has 1 atom stereocenters. The third-order valence-corrected chi connectivity index (χ3v) is 5.39. The third kappa shape index (κ3) is 2.84. The summed E-state index contributed by atoms with van der Waals surface area (Å²) in [6.07, 6.45) is 0. The zero-order valence-corrected chi connectivity index (χ0v) is 13.4.